The summed E-state index contributed by atoms with van der Waals surface area (Å²) in [5.74, 6) is -2.42. The Kier molecular flexibility index (Phi) is 2.98. The number of hydrogen-bond donors (Lipinski definition) is 0. The van der Waals surface area contributed by atoms with E-state index in [4.69, 9.17) is 0 Å². The standard InChI is InChI=1S/C14H16BrF2N/c15-12-5-2-1-4-11(12)8-18-7-3-6-13(10-18)9-14(13,16)17/h1-2,4-5H,3,6-10H2. The fraction of sp³-hybridized carbons (Fsp3) is 0.571. The van der Waals surface area contributed by atoms with Crippen molar-refractivity contribution in [1.29, 1.82) is 0 Å². The summed E-state index contributed by atoms with van der Waals surface area (Å²) in [6.07, 6.45) is 1.67. The van der Waals surface area contributed by atoms with Crippen LogP contribution in [0.5, 0.6) is 0 Å². The number of halogens is 3. The first kappa shape index (κ1) is 12.5. The smallest absolute Gasteiger partial charge is 0.255 e. The molecule has 1 atom stereocenters. The predicted molar refractivity (Wildman–Crippen MR) is 70.7 cm³/mol. The van der Waals surface area contributed by atoms with Gasteiger partial charge in [-0.3, -0.25) is 4.90 Å². The molecular weight excluding hydrogens is 300 g/mol. The highest BCUT2D eigenvalue weighted by atomic mass is 79.9. The molecule has 1 saturated heterocycles. The first-order valence-corrected chi connectivity index (χ1v) is 7.15. The number of piperidine rings is 1. The second kappa shape index (κ2) is 4.27. The Bertz CT molecular complexity index is 463. The van der Waals surface area contributed by atoms with Crippen LogP contribution in [0, 0.1) is 5.41 Å². The number of rotatable bonds is 2. The summed E-state index contributed by atoms with van der Waals surface area (Å²) in [5, 5.41) is 0. The fourth-order valence-corrected chi connectivity index (χ4v) is 3.46. The van der Waals surface area contributed by atoms with Crippen LogP contribution in [-0.2, 0) is 6.54 Å². The molecule has 1 aliphatic heterocycles. The molecule has 3 rings (SSSR count). The Morgan fingerprint density at radius 1 is 1.28 bits per heavy atom. The lowest BCUT2D eigenvalue weighted by Gasteiger charge is -2.33. The molecule has 1 nitrogen and oxygen atoms in total. The molecule has 2 fully saturated rings. The van der Waals surface area contributed by atoms with E-state index in [0.717, 1.165) is 24.0 Å². The van der Waals surface area contributed by atoms with Gasteiger partial charge in [0.15, 0.2) is 0 Å². The fourth-order valence-electron chi connectivity index (χ4n) is 3.05. The maximum Gasteiger partial charge on any atom is 0.255 e. The second-order valence-electron chi connectivity index (χ2n) is 5.57. The van der Waals surface area contributed by atoms with E-state index in [2.05, 4.69) is 26.9 Å². The molecule has 0 amide bonds. The van der Waals surface area contributed by atoms with E-state index in [9.17, 15) is 8.78 Å². The minimum atomic E-state index is -2.42. The third-order valence-corrected chi connectivity index (χ3v) is 4.99. The highest BCUT2D eigenvalue weighted by molar-refractivity contribution is 9.10. The molecule has 1 aromatic carbocycles. The molecule has 1 spiro atoms. The van der Waals surface area contributed by atoms with Crippen LogP contribution >= 0.6 is 15.9 Å². The minimum absolute atomic E-state index is 0.0897. The van der Waals surface area contributed by atoms with E-state index in [0.29, 0.717) is 13.0 Å². The van der Waals surface area contributed by atoms with Gasteiger partial charge in [-0.05, 0) is 31.0 Å². The molecule has 1 saturated carbocycles. The third kappa shape index (κ3) is 2.10. The van der Waals surface area contributed by atoms with E-state index in [1.165, 1.54) is 5.56 Å². The monoisotopic (exact) mass is 315 g/mol. The lowest BCUT2D eigenvalue weighted by Crippen LogP contribution is -2.38. The van der Waals surface area contributed by atoms with Crippen LogP contribution in [0.4, 0.5) is 8.78 Å². The van der Waals surface area contributed by atoms with Crippen LogP contribution in [0.3, 0.4) is 0 Å². The van der Waals surface area contributed by atoms with E-state index >= 15 is 0 Å². The predicted octanol–water partition coefficient (Wildman–Crippen LogP) is 4.07. The zero-order valence-electron chi connectivity index (χ0n) is 10.1. The Hall–Kier alpha value is -0.480. The number of likely N-dealkylation sites (tertiary alicyclic amines) is 1. The summed E-state index contributed by atoms with van der Waals surface area (Å²) in [6, 6.07) is 8.02. The number of hydrogen-bond acceptors (Lipinski definition) is 1. The Morgan fingerprint density at radius 3 is 2.67 bits per heavy atom. The van der Waals surface area contributed by atoms with Crippen molar-refractivity contribution in [2.45, 2.75) is 31.7 Å². The molecule has 1 heterocycles. The van der Waals surface area contributed by atoms with Gasteiger partial charge in [0, 0.05) is 24.0 Å². The van der Waals surface area contributed by atoms with Crippen LogP contribution in [0.25, 0.3) is 0 Å². The summed E-state index contributed by atoms with van der Waals surface area (Å²) in [7, 11) is 0. The van der Waals surface area contributed by atoms with Gasteiger partial charge in [-0.15, -0.1) is 0 Å². The van der Waals surface area contributed by atoms with Gasteiger partial charge < -0.3 is 0 Å². The van der Waals surface area contributed by atoms with E-state index in [1.807, 2.05) is 18.2 Å². The Balaban J connectivity index is 1.69. The SMILES string of the molecule is FC1(F)CC12CCCN(Cc1ccccc1Br)C2. The van der Waals surface area contributed by atoms with Crippen LogP contribution in [-0.4, -0.2) is 23.9 Å². The van der Waals surface area contributed by atoms with Crippen molar-refractivity contribution in [2.75, 3.05) is 13.1 Å². The summed E-state index contributed by atoms with van der Waals surface area (Å²) >= 11 is 3.51. The number of alkyl halides is 2. The minimum Gasteiger partial charge on any atom is -0.298 e. The highest BCUT2D eigenvalue weighted by Crippen LogP contribution is 2.64. The van der Waals surface area contributed by atoms with Crippen molar-refractivity contribution in [3.8, 4) is 0 Å². The molecule has 18 heavy (non-hydrogen) atoms. The van der Waals surface area contributed by atoms with Gasteiger partial charge in [0.25, 0.3) is 5.92 Å². The quantitative estimate of drug-likeness (QED) is 0.795. The lowest BCUT2D eigenvalue weighted by atomic mass is 9.94. The summed E-state index contributed by atoms with van der Waals surface area (Å²) < 4.78 is 27.9. The average molecular weight is 316 g/mol. The van der Waals surface area contributed by atoms with Gasteiger partial charge in [-0.2, -0.15) is 0 Å². The summed E-state index contributed by atoms with van der Waals surface area (Å²) in [4.78, 5) is 2.17. The van der Waals surface area contributed by atoms with Gasteiger partial charge in [0.1, 0.15) is 0 Å². The largest absolute Gasteiger partial charge is 0.298 e. The second-order valence-corrected chi connectivity index (χ2v) is 6.42. The van der Waals surface area contributed by atoms with Crippen molar-refractivity contribution in [2.24, 2.45) is 5.41 Å². The Labute approximate surface area is 114 Å². The number of benzene rings is 1. The van der Waals surface area contributed by atoms with Crippen LogP contribution < -0.4 is 0 Å². The first-order valence-electron chi connectivity index (χ1n) is 6.36. The molecule has 1 unspecified atom stereocenters. The molecule has 0 bridgehead atoms. The van der Waals surface area contributed by atoms with Crippen LogP contribution in [0.15, 0.2) is 28.7 Å². The van der Waals surface area contributed by atoms with Crippen molar-refractivity contribution in [3.05, 3.63) is 34.3 Å². The maximum absolute atomic E-state index is 13.4. The normalized spacial score (nSPS) is 30.6. The molecular formula is C14H16BrF2N. The van der Waals surface area contributed by atoms with Crippen molar-refractivity contribution in [3.63, 3.8) is 0 Å². The zero-order valence-corrected chi connectivity index (χ0v) is 11.7. The third-order valence-electron chi connectivity index (χ3n) is 4.22. The molecule has 0 aromatic heterocycles. The van der Waals surface area contributed by atoms with E-state index < -0.39 is 11.3 Å². The molecule has 0 N–H and O–H groups in total. The van der Waals surface area contributed by atoms with E-state index in [1.54, 1.807) is 0 Å². The maximum atomic E-state index is 13.4. The van der Waals surface area contributed by atoms with E-state index in [-0.39, 0.29) is 6.42 Å². The topological polar surface area (TPSA) is 3.24 Å². The molecule has 2 aliphatic rings. The van der Waals surface area contributed by atoms with Gasteiger partial charge in [0.05, 0.1) is 5.41 Å². The van der Waals surface area contributed by atoms with Gasteiger partial charge in [0.2, 0.25) is 0 Å². The lowest BCUT2D eigenvalue weighted by molar-refractivity contribution is 0.0227. The van der Waals surface area contributed by atoms with Crippen molar-refractivity contribution >= 4 is 15.9 Å². The average Bonchev–Trinajstić information content (AvgIpc) is 2.82. The molecule has 0 radical (unpaired) electrons. The van der Waals surface area contributed by atoms with Crippen molar-refractivity contribution in [1.82, 2.24) is 4.90 Å². The number of nitrogens with zero attached hydrogens (tertiary/aromatic N) is 1. The summed E-state index contributed by atoms with van der Waals surface area (Å²) in [5.41, 5.74) is 0.477. The molecule has 4 heteroatoms. The zero-order chi connectivity index (χ0) is 12.8. The first-order chi connectivity index (χ1) is 8.52. The Morgan fingerprint density at radius 2 is 2.00 bits per heavy atom. The highest BCUT2D eigenvalue weighted by Gasteiger charge is 2.71. The summed E-state index contributed by atoms with van der Waals surface area (Å²) in [6.45, 7) is 2.24. The molecule has 1 aliphatic carbocycles. The van der Waals surface area contributed by atoms with Gasteiger partial charge in [-0.25, -0.2) is 8.78 Å². The van der Waals surface area contributed by atoms with Crippen molar-refractivity contribution < 1.29 is 8.78 Å². The van der Waals surface area contributed by atoms with Gasteiger partial charge in [-0.1, -0.05) is 34.1 Å². The molecule has 98 valence electrons. The molecule has 1 aromatic rings. The van der Waals surface area contributed by atoms with Crippen LogP contribution in [0.1, 0.15) is 24.8 Å². The van der Waals surface area contributed by atoms with Crippen LogP contribution in [0.2, 0.25) is 0 Å². The van der Waals surface area contributed by atoms with Gasteiger partial charge >= 0.3 is 0 Å².